The predicted molar refractivity (Wildman–Crippen MR) is 85.0 cm³/mol. The highest BCUT2D eigenvalue weighted by molar-refractivity contribution is 6.36. The second-order valence-corrected chi connectivity index (χ2v) is 5.52. The molecule has 0 fully saturated rings. The van der Waals surface area contributed by atoms with E-state index in [0.29, 0.717) is 32.0 Å². The van der Waals surface area contributed by atoms with E-state index in [-0.39, 0.29) is 5.91 Å². The van der Waals surface area contributed by atoms with E-state index in [4.69, 9.17) is 40.5 Å². The Balaban J connectivity index is 2.30. The third-order valence-electron chi connectivity index (χ3n) is 2.75. The van der Waals surface area contributed by atoms with Gasteiger partial charge in [0, 0.05) is 15.7 Å². The van der Waals surface area contributed by atoms with E-state index in [1.807, 2.05) is 6.92 Å². The number of carbonyl (C=O) groups is 1. The van der Waals surface area contributed by atoms with Crippen LogP contribution in [0.5, 0.6) is 0 Å². The average Bonchev–Trinajstić information content (AvgIpc) is 2.35. The van der Waals surface area contributed by atoms with Crippen molar-refractivity contribution in [2.24, 2.45) is 0 Å². The highest BCUT2D eigenvalue weighted by Crippen LogP contribution is 2.29. The Morgan fingerprint density at radius 2 is 1.80 bits per heavy atom. The first-order chi connectivity index (χ1) is 9.38. The van der Waals surface area contributed by atoms with Crippen molar-refractivity contribution in [1.29, 1.82) is 0 Å². The maximum atomic E-state index is 12.2. The van der Waals surface area contributed by atoms with Crippen LogP contribution >= 0.6 is 34.8 Å². The molecule has 3 nitrogen and oxygen atoms in total. The molecule has 0 aliphatic rings. The molecule has 0 unspecified atom stereocenters. The molecule has 6 heteroatoms. The van der Waals surface area contributed by atoms with Crippen molar-refractivity contribution in [3.8, 4) is 0 Å². The molecule has 0 saturated heterocycles. The van der Waals surface area contributed by atoms with Crippen molar-refractivity contribution < 1.29 is 4.79 Å². The van der Waals surface area contributed by atoms with E-state index < -0.39 is 0 Å². The van der Waals surface area contributed by atoms with Crippen LogP contribution in [0.2, 0.25) is 15.1 Å². The van der Waals surface area contributed by atoms with Crippen molar-refractivity contribution in [1.82, 2.24) is 0 Å². The lowest BCUT2D eigenvalue weighted by molar-refractivity contribution is 0.102. The molecule has 0 radical (unpaired) electrons. The van der Waals surface area contributed by atoms with Gasteiger partial charge in [-0.2, -0.15) is 0 Å². The summed E-state index contributed by atoms with van der Waals surface area (Å²) in [5, 5.41) is 4.08. The molecule has 1 amide bonds. The monoisotopic (exact) mass is 328 g/mol. The van der Waals surface area contributed by atoms with Crippen molar-refractivity contribution in [3.63, 3.8) is 0 Å². The number of nitrogens with two attached hydrogens (primary N) is 1. The molecule has 0 bridgehead atoms. The van der Waals surface area contributed by atoms with Crippen LogP contribution in [0.3, 0.4) is 0 Å². The minimum atomic E-state index is -0.374. The minimum absolute atomic E-state index is 0.296. The molecule has 2 aromatic rings. The van der Waals surface area contributed by atoms with Gasteiger partial charge in [-0.1, -0.05) is 34.8 Å². The summed E-state index contributed by atoms with van der Waals surface area (Å²) in [7, 11) is 0. The van der Waals surface area contributed by atoms with Gasteiger partial charge in [-0.3, -0.25) is 4.79 Å². The molecule has 0 spiro atoms. The number of carbonyl (C=O) groups excluding carboxylic acids is 1. The number of rotatable bonds is 2. The van der Waals surface area contributed by atoms with Crippen molar-refractivity contribution in [2.45, 2.75) is 6.92 Å². The molecule has 0 aliphatic carbocycles. The summed E-state index contributed by atoms with van der Waals surface area (Å²) >= 11 is 17.9. The fraction of sp³-hybridized carbons (Fsp3) is 0.0714. The number of anilines is 2. The van der Waals surface area contributed by atoms with Crippen LogP contribution in [0.1, 0.15) is 15.9 Å². The molecule has 20 heavy (non-hydrogen) atoms. The second-order valence-electron chi connectivity index (χ2n) is 4.27. The number of nitrogen functional groups attached to an aromatic ring is 1. The average molecular weight is 330 g/mol. The van der Waals surface area contributed by atoms with Crippen LogP contribution in [0.4, 0.5) is 11.4 Å². The molecule has 0 atom stereocenters. The van der Waals surface area contributed by atoms with E-state index in [1.165, 1.54) is 6.07 Å². The van der Waals surface area contributed by atoms with Gasteiger partial charge in [-0.05, 0) is 42.8 Å². The molecule has 3 N–H and O–H groups in total. The van der Waals surface area contributed by atoms with Crippen molar-refractivity contribution in [2.75, 3.05) is 11.1 Å². The molecule has 0 heterocycles. The van der Waals surface area contributed by atoms with Crippen molar-refractivity contribution in [3.05, 3.63) is 56.5 Å². The lowest BCUT2D eigenvalue weighted by Crippen LogP contribution is -2.14. The highest BCUT2D eigenvalue weighted by Gasteiger charge is 2.13. The molecule has 0 aliphatic heterocycles. The van der Waals surface area contributed by atoms with Gasteiger partial charge in [0.25, 0.3) is 5.91 Å². The van der Waals surface area contributed by atoms with Crippen LogP contribution < -0.4 is 11.1 Å². The Kier molecular flexibility index (Phi) is 4.43. The first kappa shape index (κ1) is 15.0. The summed E-state index contributed by atoms with van der Waals surface area (Å²) in [6, 6.07) is 7.95. The number of hydrogen-bond donors (Lipinski definition) is 2. The topological polar surface area (TPSA) is 55.1 Å². The number of benzene rings is 2. The van der Waals surface area contributed by atoms with Gasteiger partial charge < -0.3 is 11.1 Å². The maximum absolute atomic E-state index is 12.2. The molecule has 2 aromatic carbocycles. The zero-order valence-electron chi connectivity index (χ0n) is 10.5. The summed E-state index contributed by atoms with van der Waals surface area (Å²) in [5.74, 6) is -0.374. The predicted octanol–water partition coefficient (Wildman–Crippen LogP) is 4.79. The lowest BCUT2D eigenvalue weighted by Gasteiger charge is -2.11. The third kappa shape index (κ3) is 3.18. The Bertz CT molecular complexity index is 686. The zero-order chi connectivity index (χ0) is 14.9. The molecule has 0 saturated carbocycles. The Morgan fingerprint density at radius 3 is 2.45 bits per heavy atom. The Labute approximate surface area is 131 Å². The normalized spacial score (nSPS) is 10.4. The molecule has 2 rings (SSSR count). The fourth-order valence-electron chi connectivity index (χ4n) is 1.67. The summed E-state index contributed by atoms with van der Waals surface area (Å²) < 4.78 is 0. The first-order valence-corrected chi connectivity index (χ1v) is 6.84. The van der Waals surface area contributed by atoms with E-state index in [9.17, 15) is 4.79 Å². The summed E-state index contributed by atoms with van der Waals surface area (Å²) in [5.41, 5.74) is 7.65. The number of halogens is 3. The summed E-state index contributed by atoms with van der Waals surface area (Å²) in [6.45, 7) is 1.83. The summed E-state index contributed by atoms with van der Waals surface area (Å²) in [6.07, 6.45) is 0. The van der Waals surface area contributed by atoms with E-state index in [1.54, 1.807) is 24.3 Å². The smallest absolute Gasteiger partial charge is 0.257 e. The van der Waals surface area contributed by atoms with Gasteiger partial charge in [-0.15, -0.1) is 0 Å². The molecular formula is C14H11Cl3N2O. The van der Waals surface area contributed by atoms with Crippen LogP contribution in [-0.4, -0.2) is 5.91 Å². The number of amides is 1. The van der Waals surface area contributed by atoms with E-state index in [2.05, 4.69) is 5.32 Å². The Morgan fingerprint density at radius 1 is 1.10 bits per heavy atom. The number of hydrogen-bond acceptors (Lipinski definition) is 2. The third-order valence-corrected chi connectivity index (χ3v) is 3.71. The van der Waals surface area contributed by atoms with Crippen LogP contribution in [0, 0.1) is 6.92 Å². The number of aryl methyl sites for hydroxylation is 1. The van der Waals surface area contributed by atoms with Gasteiger partial charge in [0.15, 0.2) is 0 Å². The molecular weight excluding hydrogens is 319 g/mol. The van der Waals surface area contributed by atoms with Gasteiger partial charge >= 0.3 is 0 Å². The quantitative estimate of drug-likeness (QED) is 0.778. The molecule has 104 valence electrons. The summed E-state index contributed by atoms with van der Waals surface area (Å²) in [4.78, 5) is 12.2. The second kappa shape index (κ2) is 5.92. The fourth-order valence-corrected chi connectivity index (χ4v) is 2.28. The van der Waals surface area contributed by atoms with E-state index >= 15 is 0 Å². The largest absolute Gasteiger partial charge is 0.398 e. The minimum Gasteiger partial charge on any atom is -0.398 e. The highest BCUT2D eigenvalue weighted by atomic mass is 35.5. The number of nitrogens with one attached hydrogen (secondary N) is 1. The first-order valence-electron chi connectivity index (χ1n) is 5.70. The van der Waals surface area contributed by atoms with E-state index in [0.717, 1.165) is 5.56 Å². The van der Waals surface area contributed by atoms with Gasteiger partial charge in [-0.25, -0.2) is 0 Å². The van der Waals surface area contributed by atoms with Gasteiger partial charge in [0.1, 0.15) is 0 Å². The Hall–Kier alpha value is -1.42. The van der Waals surface area contributed by atoms with Crippen molar-refractivity contribution >= 4 is 52.1 Å². The SMILES string of the molecule is Cc1cc(Cl)c(NC(=O)c2ccc(Cl)cc2N)cc1Cl. The zero-order valence-corrected chi connectivity index (χ0v) is 12.8. The van der Waals surface area contributed by atoms with Crippen LogP contribution in [0.25, 0.3) is 0 Å². The lowest BCUT2D eigenvalue weighted by atomic mass is 10.1. The maximum Gasteiger partial charge on any atom is 0.257 e. The van der Waals surface area contributed by atoms with Crippen LogP contribution in [-0.2, 0) is 0 Å². The molecule has 0 aromatic heterocycles. The van der Waals surface area contributed by atoms with Crippen LogP contribution in [0.15, 0.2) is 30.3 Å². The van der Waals surface area contributed by atoms with Gasteiger partial charge in [0.05, 0.1) is 16.3 Å². The van der Waals surface area contributed by atoms with Gasteiger partial charge in [0.2, 0.25) is 0 Å². The standard InChI is InChI=1S/C14H11Cl3N2O/c1-7-4-11(17)13(6-10(7)16)19-14(20)9-3-2-8(15)5-12(9)18/h2-6H,18H2,1H3,(H,19,20).